The second kappa shape index (κ2) is 8.20. The van der Waals surface area contributed by atoms with E-state index >= 15 is 8.78 Å². The van der Waals surface area contributed by atoms with Gasteiger partial charge in [0.15, 0.2) is 0 Å². The summed E-state index contributed by atoms with van der Waals surface area (Å²) in [5, 5.41) is -0.0563. The molecule has 11 heteroatoms. The van der Waals surface area contributed by atoms with Crippen LogP contribution < -0.4 is 0 Å². The summed E-state index contributed by atoms with van der Waals surface area (Å²) < 4.78 is 108. The zero-order valence-electron chi connectivity index (χ0n) is 21.0. The smallest absolute Gasteiger partial charge is 0.386 e. The number of hydrogen-bond donors (Lipinski definition) is 0. The van der Waals surface area contributed by atoms with E-state index in [2.05, 4.69) is 0 Å². The highest BCUT2D eigenvalue weighted by molar-refractivity contribution is 6.23. The fraction of sp³-hybridized carbons (Fsp3) is 0.500. The molecule has 7 rings (SSSR count). The lowest BCUT2D eigenvalue weighted by atomic mass is 9.53. The molecule has 0 atom stereocenters. The van der Waals surface area contributed by atoms with E-state index in [0.717, 1.165) is 6.42 Å². The van der Waals surface area contributed by atoms with Crippen molar-refractivity contribution in [3.63, 3.8) is 0 Å². The molecule has 0 radical (unpaired) electrons. The Kier molecular flexibility index (Phi) is 5.50. The highest BCUT2D eigenvalue weighted by Crippen LogP contribution is 2.60. The molecule has 0 unspecified atom stereocenters. The van der Waals surface area contributed by atoms with Gasteiger partial charge in [-0.05, 0) is 74.3 Å². The van der Waals surface area contributed by atoms with E-state index < -0.39 is 52.2 Å². The van der Waals surface area contributed by atoms with Gasteiger partial charge in [0.05, 0.1) is 16.7 Å². The Hall–Kier alpha value is -3.11. The lowest BCUT2D eigenvalue weighted by Gasteiger charge is -2.51. The first-order chi connectivity index (χ1) is 18.1. The quantitative estimate of drug-likeness (QED) is 0.179. The van der Waals surface area contributed by atoms with Crippen molar-refractivity contribution in [1.29, 1.82) is 0 Å². The minimum absolute atomic E-state index is 0.0563. The number of carbonyl (C=O) groups excluding carboxylic acids is 2. The van der Waals surface area contributed by atoms with Crippen molar-refractivity contribution >= 4 is 28.4 Å². The number of aryl methyl sites for hydroxylation is 1. The molecule has 2 aromatic rings. The Labute approximate surface area is 218 Å². The molecule has 1 aromatic carbocycles. The molecule has 5 fully saturated rings. The molecule has 2 heterocycles. The number of benzene rings is 1. The van der Waals surface area contributed by atoms with Crippen LogP contribution >= 0.6 is 0 Å². The maximum Gasteiger partial charge on any atom is 0.460 e. The summed E-state index contributed by atoms with van der Waals surface area (Å²) in [6.07, 6.45) is -3.10. The number of rotatable bonds is 3. The van der Waals surface area contributed by atoms with Gasteiger partial charge in [0.2, 0.25) is 0 Å². The van der Waals surface area contributed by atoms with Gasteiger partial charge >= 0.3 is 30.0 Å². The van der Waals surface area contributed by atoms with Crippen LogP contribution in [0.15, 0.2) is 41.0 Å². The van der Waals surface area contributed by atoms with Crippen LogP contribution in [0, 0.1) is 30.6 Å². The monoisotopic (exact) mass is 555 g/mol. The average molecular weight is 555 g/mol. The first kappa shape index (κ1) is 26.1. The number of aromatic nitrogens is 1. The molecule has 5 aliphatic rings. The predicted octanol–water partition coefficient (Wildman–Crippen LogP) is 6.91. The third kappa shape index (κ3) is 3.50. The zero-order chi connectivity index (χ0) is 28.2. The summed E-state index contributed by atoms with van der Waals surface area (Å²) in [7, 11) is 1.44. The third-order valence-electron chi connectivity index (χ3n) is 9.11. The maximum absolute atomic E-state index is 15.9. The fourth-order valence-electron chi connectivity index (χ4n) is 7.59. The molecule has 39 heavy (non-hydrogen) atoms. The van der Waals surface area contributed by atoms with E-state index in [9.17, 15) is 31.5 Å². The van der Waals surface area contributed by atoms with Crippen LogP contribution in [0.4, 0.5) is 30.7 Å². The van der Waals surface area contributed by atoms with E-state index in [1.54, 1.807) is 6.07 Å². The van der Waals surface area contributed by atoms with Gasteiger partial charge in [0, 0.05) is 29.2 Å². The van der Waals surface area contributed by atoms with Crippen molar-refractivity contribution in [2.24, 2.45) is 30.7 Å². The van der Waals surface area contributed by atoms with E-state index in [4.69, 9.17) is 4.74 Å². The van der Waals surface area contributed by atoms with Gasteiger partial charge in [-0.25, -0.2) is 9.59 Å². The zero-order valence-corrected chi connectivity index (χ0v) is 21.0. The van der Waals surface area contributed by atoms with Crippen LogP contribution in [-0.2, 0) is 21.4 Å². The Balaban J connectivity index is 1.74. The number of ether oxygens (including phenoxy) is 1. The molecule has 0 N–H and O–H groups in total. The number of carbonyl (C=O) groups is 2. The lowest BCUT2D eigenvalue weighted by Crippen LogP contribution is -2.53. The Morgan fingerprint density at radius 3 is 2.00 bits per heavy atom. The molecule has 1 saturated heterocycles. The summed E-state index contributed by atoms with van der Waals surface area (Å²) in [5.74, 6) is -15.2. The van der Waals surface area contributed by atoms with E-state index in [1.807, 2.05) is 0 Å². The summed E-state index contributed by atoms with van der Waals surface area (Å²) in [5.41, 5.74) is -3.63. The standard InChI is InChI=1S/C28H24F7NO3/c1-12-19(17-5-3-4-6-18(17)36(12)2)23(26(29,30)27(31,32)28(33,34)35)22-21(24(37)39-25(22)38)20-15-8-13-7-14(10-15)11-16(20)9-13/h3-6,13-16H,7-11H2,1-2H3/b21-20?,23-22-. The first-order valence-electron chi connectivity index (χ1n) is 12.8. The first-order valence-corrected chi connectivity index (χ1v) is 12.8. The second-order valence-electron chi connectivity index (χ2n) is 11.2. The van der Waals surface area contributed by atoms with Gasteiger partial charge < -0.3 is 9.30 Å². The highest BCUT2D eigenvalue weighted by atomic mass is 19.4. The third-order valence-corrected chi connectivity index (χ3v) is 9.11. The molecule has 4 aliphatic carbocycles. The van der Waals surface area contributed by atoms with Gasteiger partial charge in [-0.2, -0.15) is 30.7 Å². The molecule has 4 nitrogen and oxygen atoms in total. The number of esters is 2. The Morgan fingerprint density at radius 1 is 0.872 bits per heavy atom. The van der Waals surface area contributed by atoms with Crippen molar-refractivity contribution in [2.45, 2.75) is 57.0 Å². The highest BCUT2D eigenvalue weighted by Gasteiger charge is 2.75. The van der Waals surface area contributed by atoms with E-state index in [1.165, 1.54) is 36.7 Å². The number of cyclic esters (lactones) is 2. The van der Waals surface area contributed by atoms with Gasteiger partial charge in [-0.3, -0.25) is 0 Å². The van der Waals surface area contributed by atoms with Crippen LogP contribution in [0.1, 0.15) is 43.4 Å². The summed E-state index contributed by atoms with van der Waals surface area (Å²) in [6.45, 7) is 1.29. The topological polar surface area (TPSA) is 48.3 Å². The number of hydrogen-bond acceptors (Lipinski definition) is 3. The SMILES string of the molecule is Cc1c(/C(=C2/C(=O)OC(=O)C2=C2C3CC4CC(C3)CC2C4)C(F)(F)C(F)(F)C(F)(F)F)c2ccccc2n1C. The van der Waals surface area contributed by atoms with E-state index in [-0.39, 0.29) is 28.4 Å². The van der Waals surface area contributed by atoms with Crippen molar-refractivity contribution in [1.82, 2.24) is 4.57 Å². The maximum atomic E-state index is 15.9. The number of fused-ring (bicyclic) bond motifs is 1. The molecule has 4 bridgehead atoms. The molecule has 1 aliphatic heterocycles. The van der Waals surface area contributed by atoms with Crippen molar-refractivity contribution in [3.05, 3.63) is 52.2 Å². The molecule has 0 spiro atoms. The number of allylic oxidation sites excluding steroid dienone is 2. The molecule has 4 saturated carbocycles. The summed E-state index contributed by atoms with van der Waals surface area (Å²) in [6, 6.07) is 5.76. The normalized spacial score (nSPS) is 28.6. The van der Waals surface area contributed by atoms with Gasteiger partial charge in [-0.1, -0.05) is 18.2 Å². The van der Waals surface area contributed by atoms with Crippen LogP contribution in [0.3, 0.4) is 0 Å². The molecule has 208 valence electrons. The van der Waals surface area contributed by atoms with Crippen LogP contribution in [0.5, 0.6) is 0 Å². The second-order valence-corrected chi connectivity index (χ2v) is 11.2. The minimum Gasteiger partial charge on any atom is -0.386 e. The number of alkyl halides is 7. The number of nitrogens with zero attached hydrogens (tertiary/aromatic N) is 1. The summed E-state index contributed by atoms with van der Waals surface area (Å²) in [4.78, 5) is 26.2. The van der Waals surface area contributed by atoms with E-state index in [0.29, 0.717) is 43.1 Å². The lowest BCUT2D eigenvalue weighted by molar-refractivity contribution is -0.339. The Morgan fingerprint density at radius 2 is 1.44 bits per heavy atom. The Bertz CT molecular complexity index is 1460. The molecular formula is C28H24F7NO3. The van der Waals surface area contributed by atoms with Gasteiger partial charge in [-0.15, -0.1) is 0 Å². The van der Waals surface area contributed by atoms with Gasteiger partial charge in [0.25, 0.3) is 0 Å². The number of halogens is 7. The summed E-state index contributed by atoms with van der Waals surface area (Å²) >= 11 is 0. The molecule has 0 amide bonds. The average Bonchev–Trinajstić information content (AvgIpc) is 3.26. The fourth-order valence-corrected chi connectivity index (χ4v) is 7.59. The minimum atomic E-state index is -6.65. The van der Waals surface area contributed by atoms with Crippen LogP contribution in [0.25, 0.3) is 16.5 Å². The van der Waals surface area contributed by atoms with Crippen molar-refractivity contribution in [3.8, 4) is 0 Å². The number of para-hydroxylation sites is 1. The van der Waals surface area contributed by atoms with Gasteiger partial charge in [0.1, 0.15) is 0 Å². The van der Waals surface area contributed by atoms with Crippen molar-refractivity contribution in [2.75, 3.05) is 0 Å². The largest absolute Gasteiger partial charge is 0.460 e. The van der Waals surface area contributed by atoms with Crippen LogP contribution in [0.2, 0.25) is 0 Å². The molecule has 1 aromatic heterocycles. The molecular weight excluding hydrogens is 531 g/mol. The van der Waals surface area contributed by atoms with Crippen molar-refractivity contribution < 1.29 is 45.1 Å². The van der Waals surface area contributed by atoms with Crippen LogP contribution in [-0.4, -0.2) is 34.5 Å². The predicted molar refractivity (Wildman–Crippen MR) is 126 cm³/mol.